The first kappa shape index (κ1) is 13.2. The minimum absolute atomic E-state index is 0.255. The van der Waals surface area contributed by atoms with Crippen LogP contribution in [-0.2, 0) is 0 Å². The van der Waals surface area contributed by atoms with Crippen molar-refractivity contribution < 1.29 is 5.11 Å². The van der Waals surface area contributed by atoms with Gasteiger partial charge in [0.25, 0.3) is 0 Å². The van der Waals surface area contributed by atoms with Crippen molar-refractivity contribution in [2.24, 2.45) is 11.7 Å². The van der Waals surface area contributed by atoms with Crippen molar-refractivity contribution >= 4 is 23.0 Å². The molecule has 1 unspecified atom stereocenters. The van der Waals surface area contributed by atoms with Gasteiger partial charge in [0.1, 0.15) is 16.5 Å². The number of hydrogen-bond donors (Lipinski definition) is 2. The van der Waals surface area contributed by atoms with E-state index in [2.05, 4.69) is 14.9 Å². The number of nitrogens with zero attached hydrogens (tertiary/aromatic N) is 3. The van der Waals surface area contributed by atoms with Crippen molar-refractivity contribution in [1.29, 1.82) is 0 Å². The average Bonchev–Trinajstić information content (AvgIpc) is 2.39. The fourth-order valence-corrected chi connectivity index (χ4v) is 2.41. The van der Waals surface area contributed by atoms with E-state index in [0.29, 0.717) is 11.6 Å². The summed E-state index contributed by atoms with van der Waals surface area (Å²) in [6.07, 6.45) is 6.50. The fourth-order valence-electron chi connectivity index (χ4n) is 2.30. The van der Waals surface area contributed by atoms with Crippen LogP contribution in [0.1, 0.15) is 25.0 Å². The van der Waals surface area contributed by atoms with Crippen molar-refractivity contribution in [1.82, 2.24) is 9.97 Å². The predicted octanol–water partition coefficient (Wildman–Crippen LogP) is 0.710. The number of nitrogens with two attached hydrogens (primary N) is 1. The quantitative estimate of drug-likeness (QED) is 0.782. The summed E-state index contributed by atoms with van der Waals surface area (Å²) < 4.78 is 0. The van der Waals surface area contributed by atoms with Gasteiger partial charge in [-0.3, -0.25) is 0 Å². The van der Waals surface area contributed by atoms with Gasteiger partial charge in [0, 0.05) is 19.7 Å². The van der Waals surface area contributed by atoms with Crippen molar-refractivity contribution in [3.05, 3.63) is 18.1 Å². The summed E-state index contributed by atoms with van der Waals surface area (Å²) in [6, 6.07) is 0. The summed E-state index contributed by atoms with van der Waals surface area (Å²) in [5.74, 6) is 1.40. The van der Waals surface area contributed by atoms with Gasteiger partial charge in [-0.05, 0) is 25.2 Å². The monoisotopic (exact) mass is 266 g/mol. The Morgan fingerprint density at radius 2 is 2.33 bits per heavy atom. The average molecular weight is 266 g/mol. The number of piperidine rings is 1. The summed E-state index contributed by atoms with van der Waals surface area (Å²) in [4.78, 5) is 11.0. The molecule has 2 rings (SSSR count). The Morgan fingerprint density at radius 3 is 2.94 bits per heavy atom. The fraction of sp³-hybridized carbons (Fsp3) is 0.583. The molecule has 18 heavy (non-hydrogen) atoms. The highest BCUT2D eigenvalue weighted by Crippen LogP contribution is 2.22. The Hall–Kier alpha value is -1.27. The lowest BCUT2D eigenvalue weighted by molar-refractivity contribution is 0.244. The third kappa shape index (κ3) is 3.14. The van der Waals surface area contributed by atoms with E-state index in [1.165, 1.54) is 6.42 Å². The maximum atomic E-state index is 9.00. The second kappa shape index (κ2) is 6.06. The molecule has 98 valence electrons. The molecule has 0 aliphatic carbocycles. The van der Waals surface area contributed by atoms with E-state index in [0.717, 1.165) is 31.7 Å². The Bertz CT molecular complexity index is 407. The highest BCUT2D eigenvalue weighted by atomic mass is 32.1. The number of hydrogen-bond acceptors (Lipinski definition) is 5. The second-order valence-corrected chi connectivity index (χ2v) is 5.03. The van der Waals surface area contributed by atoms with Crippen LogP contribution in [0.4, 0.5) is 5.82 Å². The van der Waals surface area contributed by atoms with Crippen molar-refractivity contribution in [3.63, 3.8) is 0 Å². The van der Waals surface area contributed by atoms with Crippen molar-refractivity contribution in [2.45, 2.75) is 19.3 Å². The van der Waals surface area contributed by atoms with Crippen LogP contribution >= 0.6 is 12.2 Å². The van der Waals surface area contributed by atoms with Gasteiger partial charge in [0.05, 0.1) is 12.4 Å². The van der Waals surface area contributed by atoms with Crippen LogP contribution in [0.15, 0.2) is 12.4 Å². The third-order valence-electron chi connectivity index (χ3n) is 3.27. The summed E-state index contributed by atoms with van der Waals surface area (Å²) in [6.45, 7) is 2.18. The van der Waals surface area contributed by atoms with Crippen LogP contribution < -0.4 is 10.6 Å². The Balaban J connectivity index is 2.04. The van der Waals surface area contributed by atoms with E-state index in [-0.39, 0.29) is 11.6 Å². The molecule has 1 saturated heterocycles. The lowest BCUT2D eigenvalue weighted by atomic mass is 9.95. The van der Waals surface area contributed by atoms with E-state index < -0.39 is 0 Å². The van der Waals surface area contributed by atoms with E-state index >= 15 is 0 Å². The molecule has 5 nitrogen and oxygen atoms in total. The van der Waals surface area contributed by atoms with Gasteiger partial charge >= 0.3 is 0 Å². The predicted molar refractivity (Wildman–Crippen MR) is 74.6 cm³/mol. The third-order valence-corrected chi connectivity index (χ3v) is 3.48. The molecule has 0 aromatic carbocycles. The number of rotatable bonds is 4. The number of aliphatic hydroxyl groups is 1. The van der Waals surface area contributed by atoms with Crippen LogP contribution in [0.5, 0.6) is 0 Å². The van der Waals surface area contributed by atoms with Gasteiger partial charge in [-0.1, -0.05) is 12.2 Å². The van der Waals surface area contributed by atoms with E-state index in [4.69, 9.17) is 23.1 Å². The zero-order valence-electron chi connectivity index (χ0n) is 10.2. The molecule has 0 spiro atoms. The first-order chi connectivity index (χ1) is 8.70. The zero-order chi connectivity index (χ0) is 13.0. The van der Waals surface area contributed by atoms with Gasteiger partial charge in [0.2, 0.25) is 0 Å². The van der Waals surface area contributed by atoms with Gasteiger partial charge in [-0.2, -0.15) is 0 Å². The minimum Gasteiger partial charge on any atom is -0.396 e. The molecule has 0 radical (unpaired) electrons. The first-order valence-corrected chi connectivity index (χ1v) is 6.59. The molecule has 1 aliphatic rings. The molecular weight excluding hydrogens is 248 g/mol. The molecule has 1 aliphatic heterocycles. The van der Waals surface area contributed by atoms with Crippen LogP contribution in [0.25, 0.3) is 0 Å². The molecular formula is C12H18N4OS. The van der Waals surface area contributed by atoms with Crippen LogP contribution in [0.2, 0.25) is 0 Å². The molecule has 1 atom stereocenters. The Morgan fingerprint density at radius 1 is 1.50 bits per heavy atom. The van der Waals surface area contributed by atoms with Crippen molar-refractivity contribution in [2.75, 3.05) is 24.6 Å². The molecule has 6 heteroatoms. The molecule has 0 saturated carbocycles. The molecule has 0 bridgehead atoms. The summed E-state index contributed by atoms with van der Waals surface area (Å²) >= 11 is 4.85. The first-order valence-electron chi connectivity index (χ1n) is 6.18. The Kier molecular flexibility index (Phi) is 4.43. The van der Waals surface area contributed by atoms with E-state index in [1.54, 1.807) is 12.4 Å². The minimum atomic E-state index is 0.255. The second-order valence-electron chi connectivity index (χ2n) is 4.59. The lowest BCUT2D eigenvalue weighted by Crippen LogP contribution is -2.36. The zero-order valence-corrected chi connectivity index (χ0v) is 11.1. The van der Waals surface area contributed by atoms with E-state index in [1.807, 2.05) is 0 Å². The molecule has 1 aromatic heterocycles. The van der Waals surface area contributed by atoms with Crippen LogP contribution in [0.3, 0.4) is 0 Å². The van der Waals surface area contributed by atoms with Gasteiger partial charge < -0.3 is 15.7 Å². The highest BCUT2D eigenvalue weighted by molar-refractivity contribution is 7.80. The smallest absolute Gasteiger partial charge is 0.147 e. The highest BCUT2D eigenvalue weighted by Gasteiger charge is 2.20. The van der Waals surface area contributed by atoms with Gasteiger partial charge in [-0.25, -0.2) is 9.97 Å². The summed E-state index contributed by atoms with van der Waals surface area (Å²) in [7, 11) is 0. The number of aliphatic hydroxyl groups excluding tert-OH is 1. The maximum Gasteiger partial charge on any atom is 0.147 e. The van der Waals surface area contributed by atoms with Crippen molar-refractivity contribution in [3.8, 4) is 0 Å². The molecule has 2 heterocycles. The summed E-state index contributed by atoms with van der Waals surface area (Å²) in [5.41, 5.74) is 6.04. The molecule has 3 N–H and O–H groups in total. The van der Waals surface area contributed by atoms with Gasteiger partial charge in [-0.15, -0.1) is 0 Å². The lowest BCUT2D eigenvalue weighted by Gasteiger charge is -2.33. The largest absolute Gasteiger partial charge is 0.396 e. The topological polar surface area (TPSA) is 75.3 Å². The van der Waals surface area contributed by atoms with Crippen LogP contribution in [0, 0.1) is 5.92 Å². The summed E-state index contributed by atoms with van der Waals surface area (Å²) in [5, 5.41) is 9.00. The number of aromatic nitrogens is 2. The number of anilines is 1. The molecule has 0 amide bonds. The number of thiocarbonyl (C=S) groups is 1. The molecule has 1 aromatic rings. The standard InChI is InChI=1S/C12H18N4OS/c13-12(18)10-6-15-11(7-14-10)16-4-1-2-9(8-16)3-5-17/h6-7,9,17H,1-5,8H2,(H2,13,18). The SMILES string of the molecule is NC(=S)c1cnc(N2CCCC(CCO)C2)cn1. The van der Waals surface area contributed by atoms with Crippen LogP contribution in [-0.4, -0.2) is 39.8 Å². The Labute approximate surface area is 112 Å². The van der Waals surface area contributed by atoms with Gasteiger partial charge in [0.15, 0.2) is 0 Å². The normalized spacial score (nSPS) is 19.8. The van der Waals surface area contributed by atoms with E-state index in [9.17, 15) is 0 Å². The molecule has 1 fully saturated rings. The maximum absolute atomic E-state index is 9.00.